The quantitative estimate of drug-likeness (QED) is 0.754. The summed E-state index contributed by atoms with van der Waals surface area (Å²) in [6.45, 7) is 7.96. The Kier molecular flexibility index (Phi) is 6.28. The summed E-state index contributed by atoms with van der Waals surface area (Å²) in [5, 5.41) is 8.33. The Morgan fingerprint density at radius 2 is 2.47 bits per heavy atom. The van der Waals surface area contributed by atoms with Gasteiger partial charge in [-0.1, -0.05) is 6.92 Å². The minimum Gasteiger partial charge on any atom is -0.316 e. The third kappa shape index (κ3) is 4.86. The molecule has 2 atom stereocenters. The third-order valence-electron chi connectivity index (χ3n) is 3.93. The first-order valence-corrected chi connectivity index (χ1v) is 8.50. The normalized spacial score (nSPS) is 21.5. The molecule has 3 nitrogen and oxygen atoms in total. The Bertz CT molecular complexity index is 358. The van der Waals surface area contributed by atoms with Gasteiger partial charge in [0.15, 0.2) is 0 Å². The monoisotopic (exact) mass is 281 g/mol. The lowest BCUT2D eigenvalue weighted by Crippen LogP contribution is -2.30. The maximum absolute atomic E-state index is 4.50. The van der Waals surface area contributed by atoms with Crippen molar-refractivity contribution < 1.29 is 0 Å². The highest BCUT2D eigenvalue weighted by atomic mass is 32.1. The SMILES string of the molecule is CCc1cnc(C(C)NCCCC2CCCNC2)s1. The van der Waals surface area contributed by atoms with E-state index in [1.807, 2.05) is 17.5 Å². The van der Waals surface area contributed by atoms with Crippen LogP contribution in [0.15, 0.2) is 6.20 Å². The molecule has 1 fully saturated rings. The van der Waals surface area contributed by atoms with E-state index in [0.717, 1.165) is 18.9 Å². The summed E-state index contributed by atoms with van der Waals surface area (Å²) in [6.07, 6.45) is 8.51. The summed E-state index contributed by atoms with van der Waals surface area (Å²) in [6, 6.07) is 0.398. The molecule has 0 radical (unpaired) electrons. The number of nitrogens with one attached hydrogen (secondary N) is 2. The molecule has 0 bridgehead atoms. The van der Waals surface area contributed by atoms with Gasteiger partial charge in [-0.25, -0.2) is 4.98 Å². The molecular formula is C15H27N3S. The average molecular weight is 281 g/mol. The van der Waals surface area contributed by atoms with Crippen LogP contribution in [0.4, 0.5) is 0 Å². The van der Waals surface area contributed by atoms with Gasteiger partial charge in [0.25, 0.3) is 0 Å². The van der Waals surface area contributed by atoms with Crippen LogP contribution in [0.3, 0.4) is 0 Å². The summed E-state index contributed by atoms with van der Waals surface area (Å²) < 4.78 is 0. The summed E-state index contributed by atoms with van der Waals surface area (Å²) >= 11 is 1.84. The van der Waals surface area contributed by atoms with Crippen molar-refractivity contribution in [3.8, 4) is 0 Å². The number of rotatable bonds is 7. The van der Waals surface area contributed by atoms with Gasteiger partial charge in [0, 0.05) is 11.1 Å². The van der Waals surface area contributed by atoms with E-state index in [-0.39, 0.29) is 0 Å². The second-order valence-electron chi connectivity index (χ2n) is 5.55. The van der Waals surface area contributed by atoms with Gasteiger partial charge in [0.05, 0.1) is 6.04 Å². The Balaban J connectivity index is 1.61. The predicted molar refractivity (Wildman–Crippen MR) is 82.7 cm³/mol. The zero-order valence-corrected chi connectivity index (χ0v) is 13.1. The van der Waals surface area contributed by atoms with Gasteiger partial charge in [-0.05, 0) is 64.6 Å². The molecule has 0 spiro atoms. The fourth-order valence-electron chi connectivity index (χ4n) is 2.65. The van der Waals surface area contributed by atoms with Gasteiger partial charge < -0.3 is 10.6 Å². The second-order valence-corrected chi connectivity index (χ2v) is 6.70. The molecule has 2 unspecified atom stereocenters. The molecular weight excluding hydrogens is 254 g/mol. The number of hydrogen-bond acceptors (Lipinski definition) is 4. The van der Waals surface area contributed by atoms with E-state index >= 15 is 0 Å². The molecule has 4 heteroatoms. The molecule has 2 rings (SSSR count). The summed E-state index contributed by atoms with van der Waals surface area (Å²) in [5.74, 6) is 0.900. The number of piperidine rings is 1. The second kappa shape index (κ2) is 7.98. The third-order valence-corrected chi connectivity index (χ3v) is 5.25. The highest BCUT2D eigenvalue weighted by Crippen LogP contribution is 2.20. The molecule has 2 N–H and O–H groups in total. The molecule has 0 amide bonds. The van der Waals surface area contributed by atoms with Crippen molar-refractivity contribution in [2.24, 2.45) is 5.92 Å². The summed E-state index contributed by atoms with van der Waals surface area (Å²) in [7, 11) is 0. The van der Waals surface area contributed by atoms with Crippen LogP contribution in [-0.2, 0) is 6.42 Å². The average Bonchev–Trinajstić information content (AvgIpc) is 2.93. The number of hydrogen-bond donors (Lipinski definition) is 2. The molecule has 0 aliphatic carbocycles. The van der Waals surface area contributed by atoms with Crippen LogP contribution >= 0.6 is 11.3 Å². The Labute approximate surface area is 121 Å². The summed E-state index contributed by atoms with van der Waals surface area (Å²) in [5.41, 5.74) is 0. The molecule has 0 aromatic carbocycles. The van der Waals surface area contributed by atoms with Gasteiger partial charge in [-0.15, -0.1) is 11.3 Å². The van der Waals surface area contributed by atoms with E-state index in [0.29, 0.717) is 6.04 Å². The van der Waals surface area contributed by atoms with Gasteiger partial charge in [0.1, 0.15) is 5.01 Å². The minimum atomic E-state index is 0.398. The lowest BCUT2D eigenvalue weighted by molar-refractivity contribution is 0.346. The van der Waals surface area contributed by atoms with Crippen LogP contribution < -0.4 is 10.6 Å². The first-order chi connectivity index (χ1) is 9.29. The largest absolute Gasteiger partial charge is 0.316 e. The number of thiazole rings is 1. The van der Waals surface area contributed by atoms with E-state index in [9.17, 15) is 0 Å². The molecule has 1 aromatic rings. The van der Waals surface area contributed by atoms with E-state index in [2.05, 4.69) is 29.5 Å². The maximum Gasteiger partial charge on any atom is 0.109 e. The van der Waals surface area contributed by atoms with Crippen LogP contribution in [0, 0.1) is 5.92 Å². The van der Waals surface area contributed by atoms with Crippen molar-refractivity contribution in [2.45, 2.75) is 52.0 Å². The van der Waals surface area contributed by atoms with E-state index in [1.54, 1.807) is 0 Å². The number of aryl methyl sites for hydroxylation is 1. The van der Waals surface area contributed by atoms with Gasteiger partial charge in [0.2, 0.25) is 0 Å². The predicted octanol–water partition coefficient (Wildman–Crippen LogP) is 3.14. The Morgan fingerprint density at radius 1 is 1.58 bits per heavy atom. The molecule has 19 heavy (non-hydrogen) atoms. The molecule has 1 aliphatic rings. The van der Waals surface area contributed by atoms with Crippen molar-refractivity contribution in [3.63, 3.8) is 0 Å². The molecule has 108 valence electrons. The molecule has 1 aromatic heterocycles. The van der Waals surface area contributed by atoms with Crippen LogP contribution in [0.2, 0.25) is 0 Å². The smallest absolute Gasteiger partial charge is 0.109 e. The van der Waals surface area contributed by atoms with Crippen LogP contribution in [0.25, 0.3) is 0 Å². The van der Waals surface area contributed by atoms with Gasteiger partial charge >= 0.3 is 0 Å². The van der Waals surface area contributed by atoms with E-state index < -0.39 is 0 Å². The standard InChI is InChI=1S/C15H27N3S/c1-3-14-11-18-15(19-14)12(2)17-9-5-7-13-6-4-8-16-10-13/h11-13,16-17H,3-10H2,1-2H3. The van der Waals surface area contributed by atoms with Crippen LogP contribution in [0.1, 0.15) is 55.5 Å². The fourth-order valence-corrected chi connectivity index (χ4v) is 3.54. The van der Waals surface area contributed by atoms with E-state index in [1.165, 1.54) is 48.7 Å². The van der Waals surface area contributed by atoms with Crippen molar-refractivity contribution >= 4 is 11.3 Å². The highest BCUT2D eigenvalue weighted by Gasteiger charge is 2.13. The van der Waals surface area contributed by atoms with Gasteiger partial charge in [-0.3, -0.25) is 0 Å². The lowest BCUT2D eigenvalue weighted by atomic mass is 9.95. The number of nitrogens with zero attached hydrogens (tertiary/aromatic N) is 1. The molecule has 2 heterocycles. The maximum atomic E-state index is 4.50. The minimum absolute atomic E-state index is 0.398. The Morgan fingerprint density at radius 3 is 3.16 bits per heavy atom. The molecule has 1 aliphatic heterocycles. The van der Waals surface area contributed by atoms with Gasteiger partial charge in [-0.2, -0.15) is 0 Å². The summed E-state index contributed by atoms with van der Waals surface area (Å²) in [4.78, 5) is 5.89. The van der Waals surface area contributed by atoms with Crippen LogP contribution in [-0.4, -0.2) is 24.6 Å². The number of aromatic nitrogens is 1. The molecule has 1 saturated heterocycles. The fraction of sp³-hybridized carbons (Fsp3) is 0.800. The zero-order valence-electron chi connectivity index (χ0n) is 12.2. The van der Waals surface area contributed by atoms with Crippen molar-refractivity contribution in [1.29, 1.82) is 0 Å². The highest BCUT2D eigenvalue weighted by molar-refractivity contribution is 7.11. The van der Waals surface area contributed by atoms with Crippen LogP contribution in [0.5, 0.6) is 0 Å². The topological polar surface area (TPSA) is 37.0 Å². The van der Waals surface area contributed by atoms with Crippen molar-refractivity contribution in [1.82, 2.24) is 15.6 Å². The molecule has 0 saturated carbocycles. The van der Waals surface area contributed by atoms with Crippen molar-refractivity contribution in [3.05, 3.63) is 16.1 Å². The van der Waals surface area contributed by atoms with Crippen molar-refractivity contribution in [2.75, 3.05) is 19.6 Å². The lowest BCUT2D eigenvalue weighted by Gasteiger charge is -2.22. The zero-order chi connectivity index (χ0) is 13.5. The Hall–Kier alpha value is -0.450. The first-order valence-electron chi connectivity index (χ1n) is 7.68. The first kappa shape index (κ1) is 14.9. The van der Waals surface area contributed by atoms with E-state index in [4.69, 9.17) is 0 Å².